The van der Waals surface area contributed by atoms with Crippen LogP contribution in [0, 0.1) is 11.8 Å². The van der Waals surface area contributed by atoms with Gasteiger partial charge in [-0.1, -0.05) is 12.1 Å². The summed E-state index contributed by atoms with van der Waals surface area (Å²) in [5.74, 6) is -0.224. The van der Waals surface area contributed by atoms with E-state index in [0.29, 0.717) is 49.3 Å². The normalized spacial score (nSPS) is 26.1. The number of hydrogen-bond acceptors (Lipinski definition) is 4. The molecule has 6 nitrogen and oxygen atoms in total. The summed E-state index contributed by atoms with van der Waals surface area (Å²) < 4.78 is 5.44. The third-order valence-corrected chi connectivity index (χ3v) is 5.40. The summed E-state index contributed by atoms with van der Waals surface area (Å²) in [6.45, 7) is 5.94. The van der Waals surface area contributed by atoms with Gasteiger partial charge in [0.25, 0.3) is 11.8 Å². The second-order valence-electron chi connectivity index (χ2n) is 7.32. The maximum Gasteiger partial charge on any atom is 0.262 e. The molecule has 3 amide bonds. The van der Waals surface area contributed by atoms with E-state index in [1.807, 2.05) is 0 Å². The average molecular weight is 328 g/mol. The van der Waals surface area contributed by atoms with E-state index in [-0.39, 0.29) is 5.91 Å². The molecule has 2 saturated heterocycles. The molecule has 2 atom stereocenters. The highest BCUT2D eigenvalue weighted by Crippen LogP contribution is 2.34. The molecule has 3 aliphatic heterocycles. The number of nitrogens with zero attached hydrogens (tertiary/aromatic N) is 2. The summed E-state index contributed by atoms with van der Waals surface area (Å²) in [4.78, 5) is 41.3. The van der Waals surface area contributed by atoms with E-state index < -0.39 is 17.4 Å². The third-order valence-electron chi connectivity index (χ3n) is 5.40. The van der Waals surface area contributed by atoms with Crippen LogP contribution in [0.5, 0.6) is 0 Å². The van der Waals surface area contributed by atoms with Gasteiger partial charge in [-0.3, -0.25) is 19.3 Å². The van der Waals surface area contributed by atoms with Crippen molar-refractivity contribution in [2.24, 2.45) is 11.8 Å². The molecule has 1 aromatic rings. The van der Waals surface area contributed by atoms with Crippen molar-refractivity contribution in [1.82, 2.24) is 9.80 Å². The quantitative estimate of drug-likeness (QED) is 0.764. The first-order chi connectivity index (χ1) is 11.4. The standard InChI is InChI=1S/C18H20N2O4/c1-18(2,17(23)19-7-11-9-24-10-12(11)8-19)20-15(21)13-5-3-4-6-14(13)16(20)22/h3-6,11-12H,7-10H2,1-2H3/t11-,12+. The highest BCUT2D eigenvalue weighted by molar-refractivity contribution is 6.23. The van der Waals surface area contributed by atoms with E-state index in [1.165, 1.54) is 0 Å². The van der Waals surface area contributed by atoms with Gasteiger partial charge in [0.05, 0.1) is 24.3 Å². The Balaban J connectivity index is 1.60. The Hall–Kier alpha value is -2.21. The summed E-state index contributed by atoms with van der Waals surface area (Å²) in [5.41, 5.74) is -0.461. The maximum absolute atomic E-state index is 13.1. The van der Waals surface area contributed by atoms with E-state index in [4.69, 9.17) is 4.74 Å². The fraction of sp³-hybridized carbons (Fsp3) is 0.500. The largest absolute Gasteiger partial charge is 0.381 e. The van der Waals surface area contributed by atoms with E-state index in [2.05, 4.69) is 0 Å². The lowest BCUT2D eigenvalue weighted by Gasteiger charge is -2.36. The minimum atomic E-state index is -1.20. The van der Waals surface area contributed by atoms with Crippen molar-refractivity contribution in [2.75, 3.05) is 26.3 Å². The molecule has 1 aromatic carbocycles. The number of carbonyl (C=O) groups is 3. The number of ether oxygens (including phenoxy) is 1. The van der Waals surface area contributed by atoms with Crippen molar-refractivity contribution in [3.8, 4) is 0 Å². The van der Waals surface area contributed by atoms with Crippen LogP contribution in [-0.4, -0.2) is 59.4 Å². The van der Waals surface area contributed by atoms with Crippen molar-refractivity contribution in [1.29, 1.82) is 0 Å². The fourth-order valence-corrected chi connectivity index (χ4v) is 4.03. The van der Waals surface area contributed by atoms with Gasteiger partial charge in [-0.2, -0.15) is 0 Å². The summed E-state index contributed by atoms with van der Waals surface area (Å²) in [7, 11) is 0. The van der Waals surface area contributed by atoms with E-state index in [9.17, 15) is 14.4 Å². The zero-order valence-corrected chi connectivity index (χ0v) is 13.8. The van der Waals surface area contributed by atoms with E-state index >= 15 is 0 Å². The second-order valence-corrected chi connectivity index (χ2v) is 7.32. The molecule has 0 aliphatic carbocycles. The molecule has 6 heteroatoms. The Kier molecular flexibility index (Phi) is 3.28. The summed E-state index contributed by atoms with van der Waals surface area (Å²) in [6, 6.07) is 6.72. The highest BCUT2D eigenvalue weighted by atomic mass is 16.5. The Bertz CT molecular complexity index is 695. The SMILES string of the molecule is CC(C)(C(=O)N1C[C@H]2COC[C@H]2C1)N1C(=O)c2ccccc2C1=O. The van der Waals surface area contributed by atoms with Crippen LogP contribution >= 0.6 is 0 Å². The summed E-state index contributed by atoms with van der Waals surface area (Å²) in [5, 5.41) is 0. The Morgan fingerprint density at radius 2 is 1.54 bits per heavy atom. The van der Waals surface area contributed by atoms with Crippen molar-refractivity contribution in [3.63, 3.8) is 0 Å². The number of amides is 3. The second kappa shape index (κ2) is 5.14. The minimum Gasteiger partial charge on any atom is -0.381 e. The summed E-state index contributed by atoms with van der Waals surface area (Å²) in [6.07, 6.45) is 0. The van der Waals surface area contributed by atoms with Crippen LogP contribution < -0.4 is 0 Å². The van der Waals surface area contributed by atoms with Crippen molar-refractivity contribution < 1.29 is 19.1 Å². The first kappa shape index (κ1) is 15.3. The molecule has 0 spiro atoms. The third kappa shape index (κ3) is 2.02. The molecule has 3 aliphatic rings. The van der Waals surface area contributed by atoms with Gasteiger partial charge < -0.3 is 9.64 Å². The monoisotopic (exact) mass is 328 g/mol. The molecule has 24 heavy (non-hydrogen) atoms. The van der Waals surface area contributed by atoms with Crippen LogP contribution in [0.25, 0.3) is 0 Å². The number of imide groups is 1. The summed E-state index contributed by atoms with van der Waals surface area (Å²) >= 11 is 0. The molecule has 0 aromatic heterocycles. The Morgan fingerprint density at radius 3 is 2.04 bits per heavy atom. The molecule has 0 N–H and O–H groups in total. The van der Waals surface area contributed by atoms with E-state index in [0.717, 1.165) is 4.90 Å². The molecule has 126 valence electrons. The molecular weight excluding hydrogens is 308 g/mol. The van der Waals surface area contributed by atoms with Crippen LogP contribution in [0.15, 0.2) is 24.3 Å². The number of hydrogen-bond donors (Lipinski definition) is 0. The zero-order chi connectivity index (χ0) is 17.1. The molecule has 0 bridgehead atoms. The number of fused-ring (bicyclic) bond motifs is 2. The smallest absolute Gasteiger partial charge is 0.262 e. The molecule has 2 fully saturated rings. The lowest BCUT2D eigenvalue weighted by molar-refractivity contribution is -0.139. The maximum atomic E-state index is 13.1. The van der Waals surface area contributed by atoms with Gasteiger partial charge in [0, 0.05) is 24.9 Å². The lowest BCUT2D eigenvalue weighted by atomic mass is 10.0. The van der Waals surface area contributed by atoms with Crippen molar-refractivity contribution >= 4 is 17.7 Å². The van der Waals surface area contributed by atoms with Crippen LogP contribution in [0.2, 0.25) is 0 Å². The Labute approximate surface area is 140 Å². The van der Waals surface area contributed by atoms with Crippen LogP contribution in [-0.2, 0) is 9.53 Å². The predicted molar refractivity (Wildman–Crippen MR) is 85.4 cm³/mol. The van der Waals surface area contributed by atoms with Gasteiger partial charge in [-0.15, -0.1) is 0 Å². The van der Waals surface area contributed by atoms with Gasteiger partial charge in [0.1, 0.15) is 5.54 Å². The number of benzene rings is 1. The number of rotatable bonds is 2. The van der Waals surface area contributed by atoms with Gasteiger partial charge in [-0.05, 0) is 26.0 Å². The van der Waals surface area contributed by atoms with Crippen LogP contribution in [0.3, 0.4) is 0 Å². The predicted octanol–water partition coefficient (Wildman–Crippen LogP) is 1.17. The van der Waals surface area contributed by atoms with Gasteiger partial charge in [0.2, 0.25) is 5.91 Å². The average Bonchev–Trinajstić information content (AvgIpc) is 3.20. The van der Waals surface area contributed by atoms with Gasteiger partial charge in [-0.25, -0.2) is 0 Å². The molecular formula is C18H20N2O4. The Morgan fingerprint density at radius 1 is 1.04 bits per heavy atom. The molecule has 4 rings (SSSR count). The van der Waals surface area contributed by atoms with Gasteiger partial charge in [0.15, 0.2) is 0 Å². The van der Waals surface area contributed by atoms with Crippen LogP contribution in [0.1, 0.15) is 34.6 Å². The number of likely N-dealkylation sites (tertiary alicyclic amines) is 1. The van der Waals surface area contributed by atoms with Crippen LogP contribution in [0.4, 0.5) is 0 Å². The molecule has 0 saturated carbocycles. The first-order valence-corrected chi connectivity index (χ1v) is 8.26. The lowest BCUT2D eigenvalue weighted by Crippen LogP contribution is -2.57. The fourth-order valence-electron chi connectivity index (χ4n) is 4.03. The highest BCUT2D eigenvalue weighted by Gasteiger charge is 2.51. The molecule has 3 heterocycles. The minimum absolute atomic E-state index is 0.175. The molecule has 0 unspecified atom stereocenters. The van der Waals surface area contributed by atoms with E-state index in [1.54, 1.807) is 43.0 Å². The topological polar surface area (TPSA) is 66.9 Å². The van der Waals surface area contributed by atoms with Crippen molar-refractivity contribution in [3.05, 3.63) is 35.4 Å². The van der Waals surface area contributed by atoms with Gasteiger partial charge >= 0.3 is 0 Å². The van der Waals surface area contributed by atoms with Crippen molar-refractivity contribution in [2.45, 2.75) is 19.4 Å². The zero-order valence-electron chi connectivity index (χ0n) is 13.8. The first-order valence-electron chi connectivity index (χ1n) is 8.26. The number of carbonyl (C=O) groups excluding carboxylic acids is 3. The molecule has 0 radical (unpaired) electrons.